The largest absolute Gasteiger partial charge is 0.508 e. The van der Waals surface area contributed by atoms with Crippen LogP contribution in [-0.2, 0) is 0 Å². The van der Waals surface area contributed by atoms with Gasteiger partial charge in [-0.15, -0.1) is 0 Å². The van der Waals surface area contributed by atoms with Gasteiger partial charge >= 0.3 is 0 Å². The number of hydrogen-bond acceptors (Lipinski definition) is 3. The van der Waals surface area contributed by atoms with Gasteiger partial charge in [-0.1, -0.05) is 19.3 Å². The van der Waals surface area contributed by atoms with E-state index in [9.17, 15) is 15.0 Å². The van der Waals surface area contributed by atoms with Gasteiger partial charge in [0, 0.05) is 24.1 Å². The third-order valence-electron chi connectivity index (χ3n) is 4.03. The van der Waals surface area contributed by atoms with Crippen LogP contribution in [0.25, 0.3) is 0 Å². The predicted molar refractivity (Wildman–Crippen MR) is 77.8 cm³/mol. The Hall–Kier alpha value is -1.55. The summed E-state index contributed by atoms with van der Waals surface area (Å²) in [5.41, 5.74) is 1.33. The zero-order chi connectivity index (χ0) is 14.5. The third kappa shape index (κ3) is 3.73. The smallest absolute Gasteiger partial charge is 0.251 e. The zero-order valence-electron chi connectivity index (χ0n) is 11.9. The number of rotatable bonds is 3. The number of aromatic hydroxyl groups is 1. The molecule has 1 aliphatic rings. The molecule has 2 atom stereocenters. The summed E-state index contributed by atoms with van der Waals surface area (Å²) in [6.07, 6.45) is 5.23. The van der Waals surface area contributed by atoms with Gasteiger partial charge in [-0.2, -0.15) is 0 Å². The van der Waals surface area contributed by atoms with Crippen LogP contribution in [0.2, 0.25) is 0 Å². The van der Waals surface area contributed by atoms with E-state index in [-0.39, 0.29) is 30.2 Å². The summed E-state index contributed by atoms with van der Waals surface area (Å²) in [4.78, 5) is 12.3. The number of aliphatic hydroxyl groups is 1. The van der Waals surface area contributed by atoms with Crippen LogP contribution in [0.15, 0.2) is 18.2 Å². The highest BCUT2D eigenvalue weighted by atomic mass is 16.3. The molecule has 0 aromatic heterocycles. The molecular weight excluding hydrogens is 254 g/mol. The molecule has 0 radical (unpaired) electrons. The van der Waals surface area contributed by atoms with Gasteiger partial charge in [0.1, 0.15) is 5.75 Å². The number of phenols is 1. The molecule has 0 spiro atoms. The molecule has 1 aromatic carbocycles. The zero-order valence-corrected chi connectivity index (χ0v) is 11.9. The molecule has 0 unspecified atom stereocenters. The van der Waals surface area contributed by atoms with Crippen molar-refractivity contribution < 1.29 is 15.0 Å². The third-order valence-corrected chi connectivity index (χ3v) is 4.03. The van der Waals surface area contributed by atoms with E-state index in [0.717, 1.165) is 37.7 Å². The van der Waals surface area contributed by atoms with Gasteiger partial charge in [0.2, 0.25) is 0 Å². The molecule has 0 aliphatic heterocycles. The predicted octanol–water partition coefficient (Wildman–Crippen LogP) is 2.37. The summed E-state index contributed by atoms with van der Waals surface area (Å²) in [6.45, 7) is 1.96. The van der Waals surface area contributed by atoms with Crippen LogP contribution < -0.4 is 5.32 Å². The average Bonchev–Trinajstić information content (AvgIpc) is 2.62. The van der Waals surface area contributed by atoms with Gasteiger partial charge in [0.25, 0.3) is 5.91 Å². The first kappa shape index (κ1) is 14.9. The standard InChI is InChI=1S/C16H23NO3/c1-11-7-13(9-14(19)8-11)16(20)17-15-6-4-2-3-5-12(15)10-18/h7-9,12,15,18-19H,2-6,10H2,1H3,(H,17,20)/t12-,15+/m1/s1. The summed E-state index contributed by atoms with van der Waals surface area (Å²) >= 11 is 0. The second-order valence-corrected chi connectivity index (χ2v) is 5.72. The second-order valence-electron chi connectivity index (χ2n) is 5.72. The highest BCUT2D eigenvalue weighted by Crippen LogP contribution is 2.24. The molecule has 2 rings (SSSR count). The highest BCUT2D eigenvalue weighted by Gasteiger charge is 2.25. The first-order valence-corrected chi connectivity index (χ1v) is 7.32. The Morgan fingerprint density at radius 1 is 1.25 bits per heavy atom. The number of phenolic OH excluding ortho intramolecular Hbond substituents is 1. The molecule has 3 N–H and O–H groups in total. The van der Waals surface area contributed by atoms with Gasteiger partial charge in [-0.25, -0.2) is 0 Å². The summed E-state index contributed by atoms with van der Waals surface area (Å²) in [5.74, 6) is 0.0731. The van der Waals surface area contributed by atoms with Crippen LogP contribution in [-0.4, -0.2) is 28.8 Å². The molecule has 20 heavy (non-hydrogen) atoms. The van der Waals surface area contributed by atoms with Crippen LogP contribution in [0.4, 0.5) is 0 Å². The number of hydrogen-bond donors (Lipinski definition) is 3. The second kappa shape index (κ2) is 6.75. The highest BCUT2D eigenvalue weighted by molar-refractivity contribution is 5.95. The van der Waals surface area contributed by atoms with E-state index in [2.05, 4.69) is 5.32 Å². The minimum atomic E-state index is -0.172. The van der Waals surface area contributed by atoms with Crippen molar-refractivity contribution >= 4 is 5.91 Å². The van der Waals surface area contributed by atoms with E-state index in [1.54, 1.807) is 12.1 Å². The minimum Gasteiger partial charge on any atom is -0.508 e. The van der Waals surface area contributed by atoms with Crippen LogP contribution in [0.3, 0.4) is 0 Å². The summed E-state index contributed by atoms with van der Waals surface area (Å²) < 4.78 is 0. The Morgan fingerprint density at radius 3 is 2.70 bits per heavy atom. The molecule has 0 saturated heterocycles. The van der Waals surface area contributed by atoms with E-state index < -0.39 is 0 Å². The Bertz CT molecular complexity index is 453. The van der Waals surface area contributed by atoms with Crippen molar-refractivity contribution in [3.05, 3.63) is 29.3 Å². The lowest BCUT2D eigenvalue weighted by Crippen LogP contribution is -2.41. The SMILES string of the molecule is Cc1cc(O)cc(C(=O)N[C@H]2CCCCC[C@@H]2CO)c1. The number of nitrogens with one attached hydrogen (secondary N) is 1. The molecule has 1 amide bonds. The fourth-order valence-corrected chi connectivity index (χ4v) is 2.94. The Morgan fingerprint density at radius 2 is 2.00 bits per heavy atom. The van der Waals surface area contributed by atoms with Crippen molar-refractivity contribution in [3.63, 3.8) is 0 Å². The molecule has 1 aliphatic carbocycles. The molecular formula is C16H23NO3. The van der Waals surface area contributed by atoms with E-state index in [1.165, 1.54) is 6.07 Å². The normalized spacial score (nSPS) is 23.1. The fraction of sp³-hybridized carbons (Fsp3) is 0.562. The van der Waals surface area contributed by atoms with Gasteiger partial charge in [-0.3, -0.25) is 4.79 Å². The molecule has 1 aromatic rings. The first-order valence-electron chi connectivity index (χ1n) is 7.32. The fourth-order valence-electron chi connectivity index (χ4n) is 2.94. The summed E-state index contributed by atoms with van der Waals surface area (Å²) in [6, 6.07) is 4.89. The van der Waals surface area contributed by atoms with Gasteiger partial charge in [-0.05, 0) is 43.5 Å². The Labute approximate surface area is 119 Å². The van der Waals surface area contributed by atoms with Crippen molar-refractivity contribution in [2.24, 2.45) is 5.92 Å². The van der Waals surface area contributed by atoms with Crippen LogP contribution in [0.5, 0.6) is 5.75 Å². The maximum Gasteiger partial charge on any atom is 0.251 e. The lowest BCUT2D eigenvalue weighted by Gasteiger charge is -2.24. The molecule has 1 fully saturated rings. The Kier molecular flexibility index (Phi) is 5.01. The Balaban J connectivity index is 2.08. The quantitative estimate of drug-likeness (QED) is 0.743. The number of benzene rings is 1. The van der Waals surface area contributed by atoms with Crippen molar-refractivity contribution in [3.8, 4) is 5.75 Å². The number of amides is 1. The van der Waals surface area contributed by atoms with E-state index in [1.807, 2.05) is 6.92 Å². The molecule has 0 bridgehead atoms. The van der Waals surface area contributed by atoms with Crippen molar-refractivity contribution in [1.29, 1.82) is 0 Å². The van der Waals surface area contributed by atoms with Crippen LogP contribution >= 0.6 is 0 Å². The maximum absolute atomic E-state index is 12.3. The van der Waals surface area contributed by atoms with Crippen LogP contribution in [0.1, 0.15) is 48.0 Å². The van der Waals surface area contributed by atoms with E-state index >= 15 is 0 Å². The van der Waals surface area contributed by atoms with Crippen molar-refractivity contribution in [2.45, 2.75) is 45.1 Å². The van der Waals surface area contributed by atoms with Crippen molar-refractivity contribution in [1.82, 2.24) is 5.32 Å². The first-order chi connectivity index (χ1) is 9.60. The summed E-state index contributed by atoms with van der Waals surface area (Å²) in [5, 5.41) is 22.1. The maximum atomic E-state index is 12.3. The topological polar surface area (TPSA) is 69.6 Å². The number of aryl methyl sites for hydroxylation is 1. The average molecular weight is 277 g/mol. The number of carbonyl (C=O) groups is 1. The van der Waals surface area contributed by atoms with Gasteiger partial charge in [0.15, 0.2) is 0 Å². The number of aliphatic hydroxyl groups excluding tert-OH is 1. The van der Waals surface area contributed by atoms with E-state index in [4.69, 9.17) is 0 Å². The molecule has 4 heteroatoms. The lowest BCUT2D eigenvalue weighted by atomic mass is 9.95. The van der Waals surface area contributed by atoms with E-state index in [0.29, 0.717) is 5.56 Å². The molecule has 1 saturated carbocycles. The minimum absolute atomic E-state index is 0.0256. The van der Waals surface area contributed by atoms with Crippen LogP contribution in [0, 0.1) is 12.8 Å². The molecule has 4 nitrogen and oxygen atoms in total. The summed E-state index contributed by atoms with van der Waals surface area (Å²) in [7, 11) is 0. The molecule has 110 valence electrons. The van der Waals surface area contributed by atoms with Crippen molar-refractivity contribution in [2.75, 3.05) is 6.61 Å². The van der Waals surface area contributed by atoms with Gasteiger partial charge < -0.3 is 15.5 Å². The monoisotopic (exact) mass is 277 g/mol. The number of carbonyl (C=O) groups excluding carboxylic acids is 1. The van der Waals surface area contributed by atoms with Gasteiger partial charge in [0.05, 0.1) is 0 Å². The lowest BCUT2D eigenvalue weighted by molar-refractivity contribution is 0.0899. The molecule has 0 heterocycles.